The number of rotatable bonds is 17. The second kappa shape index (κ2) is 14.2. The van der Waals surface area contributed by atoms with Crippen LogP contribution in [0.5, 0.6) is 11.5 Å². The lowest BCUT2D eigenvalue weighted by Gasteiger charge is -2.30. The van der Waals surface area contributed by atoms with Crippen molar-refractivity contribution >= 4 is 5.78 Å². The van der Waals surface area contributed by atoms with Gasteiger partial charge in [0.1, 0.15) is 24.7 Å². The van der Waals surface area contributed by atoms with Gasteiger partial charge in [0.05, 0.1) is 26.4 Å². The summed E-state index contributed by atoms with van der Waals surface area (Å²) in [6.45, 7) is 9.85. The minimum atomic E-state index is -1.59. The zero-order valence-corrected chi connectivity index (χ0v) is 19.3. The van der Waals surface area contributed by atoms with Crippen molar-refractivity contribution in [1.82, 2.24) is 0 Å². The Hall–Kier alpha value is -2.97. The number of ether oxygens (including phenoxy) is 6. The number of ketones is 1. The molecule has 0 spiro atoms. The van der Waals surface area contributed by atoms with Gasteiger partial charge in [0.25, 0.3) is 5.79 Å². The first-order valence-corrected chi connectivity index (χ1v) is 10.6. The van der Waals surface area contributed by atoms with E-state index in [1.54, 1.807) is 60.7 Å². The van der Waals surface area contributed by atoms with Gasteiger partial charge in [-0.05, 0) is 48.5 Å². The van der Waals surface area contributed by atoms with Crippen LogP contribution in [0.15, 0.2) is 73.8 Å². The van der Waals surface area contributed by atoms with Gasteiger partial charge in [0.2, 0.25) is 5.78 Å². The van der Waals surface area contributed by atoms with E-state index in [-0.39, 0.29) is 5.78 Å². The van der Waals surface area contributed by atoms with Gasteiger partial charge in [-0.1, -0.05) is 12.2 Å². The minimum absolute atomic E-state index is 0.333. The first-order chi connectivity index (χ1) is 16.1. The summed E-state index contributed by atoms with van der Waals surface area (Å²) in [6.07, 6.45) is 3.36. The Morgan fingerprint density at radius 2 is 1.21 bits per heavy atom. The van der Waals surface area contributed by atoms with Gasteiger partial charge in [-0.25, -0.2) is 0 Å². The van der Waals surface area contributed by atoms with Crippen molar-refractivity contribution in [3.05, 3.63) is 85.0 Å². The SMILES string of the molecule is C=CCOCCOc1ccc(C(=O)C(OC)(OC)c2ccc(OCCOCC=C)cc2)cc1. The predicted octanol–water partition coefficient (Wildman–Crippen LogP) is 4.18. The molecule has 0 radical (unpaired) electrons. The van der Waals surface area contributed by atoms with Crippen LogP contribution >= 0.6 is 0 Å². The summed E-state index contributed by atoms with van der Waals surface area (Å²) in [7, 11) is 2.87. The van der Waals surface area contributed by atoms with Crippen LogP contribution in [0.4, 0.5) is 0 Å². The van der Waals surface area contributed by atoms with Gasteiger partial charge in [0.15, 0.2) is 0 Å². The summed E-state index contributed by atoms with van der Waals surface area (Å²) < 4.78 is 33.0. The highest BCUT2D eigenvalue weighted by atomic mass is 16.7. The third-order valence-electron chi connectivity index (χ3n) is 4.69. The summed E-state index contributed by atoms with van der Waals surface area (Å²) in [6, 6.07) is 13.8. The van der Waals surface area contributed by atoms with Crippen LogP contribution < -0.4 is 9.47 Å². The van der Waals surface area contributed by atoms with Gasteiger partial charge >= 0.3 is 0 Å². The molecule has 7 heteroatoms. The topological polar surface area (TPSA) is 72.5 Å². The normalized spacial score (nSPS) is 11.1. The maximum absolute atomic E-state index is 13.4. The van der Waals surface area contributed by atoms with Crippen molar-refractivity contribution in [3.8, 4) is 11.5 Å². The third-order valence-corrected chi connectivity index (χ3v) is 4.69. The first kappa shape index (κ1) is 26.3. The Kier molecular flexibility index (Phi) is 11.3. The number of carbonyl (C=O) groups is 1. The van der Waals surface area contributed by atoms with Crippen LogP contribution in [0.3, 0.4) is 0 Å². The molecule has 0 bridgehead atoms. The Bertz CT molecular complexity index is 855. The quantitative estimate of drug-likeness (QED) is 0.153. The number of hydrogen-bond acceptors (Lipinski definition) is 7. The van der Waals surface area contributed by atoms with E-state index in [0.717, 1.165) is 0 Å². The molecule has 0 amide bonds. The van der Waals surface area contributed by atoms with Crippen LogP contribution in [0.1, 0.15) is 15.9 Å². The fraction of sp³-hybridized carbons (Fsp3) is 0.346. The molecule has 0 aliphatic rings. The molecule has 0 aliphatic heterocycles. The molecule has 0 saturated heterocycles. The minimum Gasteiger partial charge on any atom is -0.491 e. The molecule has 2 rings (SSSR count). The molecule has 0 fully saturated rings. The molecule has 0 aromatic heterocycles. The van der Waals surface area contributed by atoms with E-state index in [4.69, 9.17) is 28.4 Å². The second-order valence-corrected chi connectivity index (χ2v) is 6.83. The molecule has 7 nitrogen and oxygen atoms in total. The van der Waals surface area contributed by atoms with E-state index >= 15 is 0 Å². The lowest BCUT2D eigenvalue weighted by atomic mass is 9.95. The van der Waals surface area contributed by atoms with E-state index < -0.39 is 5.79 Å². The zero-order chi connectivity index (χ0) is 23.9. The molecule has 2 aromatic rings. The van der Waals surface area contributed by atoms with Crippen LogP contribution in [0.2, 0.25) is 0 Å². The van der Waals surface area contributed by atoms with E-state index in [0.29, 0.717) is 62.3 Å². The van der Waals surface area contributed by atoms with E-state index in [9.17, 15) is 4.79 Å². The number of hydrogen-bond donors (Lipinski definition) is 0. The first-order valence-electron chi connectivity index (χ1n) is 10.6. The zero-order valence-electron chi connectivity index (χ0n) is 19.3. The van der Waals surface area contributed by atoms with Crippen molar-refractivity contribution in [3.63, 3.8) is 0 Å². The van der Waals surface area contributed by atoms with E-state index in [1.165, 1.54) is 14.2 Å². The van der Waals surface area contributed by atoms with Gasteiger partial charge in [-0.15, -0.1) is 13.2 Å². The summed E-state index contributed by atoms with van der Waals surface area (Å²) in [5.41, 5.74) is 0.973. The fourth-order valence-corrected chi connectivity index (χ4v) is 3.07. The molecule has 0 saturated carbocycles. The molecular formula is C26H32O7. The van der Waals surface area contributed by atoms with E-state index in [1.807, 2.05) is 0 Å². The van der Waals surface area contributed by atoms with Crippen LogP contribution in [-0.4, -0.2) is 59.6 Å². The second-order valence-electron chi connectivity index (χ2n) is 6.83. The summed E-state index contributed by atoms with van der Waals surface area (Å²) in [5.74, 6) is -0.646. The number of carbonyl (C=O) groups excluding carboxylic acids is 1. The molecular weight excluding hydrogens is 424 g/mol. The van der Waals surface area contributed by atoms with Crippen molar-refractivity contribution in [2.24, 2.45) is 0 Å². The lowest BCUT2D eigenvalue weighted by molar-refractivity contribution is -0.176. The number of Topliss-reactive ketones (excluding diaryl/α,β-unsaturated/α-hetero) is 1. The Morgan fingerprint density at radius 3 is 1.64 bits per heavy atom. The molecule has 33 heavy (non-hydrogen) atoms. The molecule has 2 aromatic carbocycles. The average Bonchev–Trinajstić information content (AvgIpc) is 2.86. The predicted molar refractivity (Wildman–Crippen MR) is 126 cm³/mol. The van der Waals surface area contributed by atoms with Crippen LogP contribution in [0.25, 0.3) is 0 Å². The van der Waals surface area contributed by atoms with Crippen molar-refractivity contribution in [2.75, 3.05) is 53.9 Å². The number of benzene rings is 2. The third kappa shape index (κ3) is 7.54. The monoisotopic (exact) mass is 456 g/mol. The van der Waals surface area contributed by atoms with Gasteiger partial charge in [-0.3, -0.25) is 4.79 Å². The summed E-state index contributed by atoms with van der Waals surface area (Å²) >= 11 is 0. The fourth-order valence-electron chi connectivity index (χ4n) is 3.07. The molecule has 0 aliphatic carbocycles. The van der Waals surface area contributed by atoms with Crippen molar-refractivity contribution in [1.29, 1.82) is 0 Å². The summed E-state index contributed by atoms with van der Waals surface area (Å²) in [5, 5.41) is 0. The van der Waals surface area contributed by atoms with Crippen LogP contribution in [-0.2, 0) is 24.7 Å². The van der Waals surface area contributed by atoms with E-state index in [2.05, 4.69) is 13.2 Å². The Balaban J connectivity index is 2.05. The largest absolute Gasteiger partial charge is 0.491 e. The average molecular weight is 457 g/mol. The maximum Gasteiger partial charge on any atom is 0.260 e. The highest BCUT2D eigenvalue weighted by molar-refractivity contribution is 6.02. The Labute approximate surface area is 195 Å². The smallest absolute Gasteiger partial charge is 0.260 e. The van der Waals surface area contributed by atoms with Crippen LogP contribution in [0, 0.1) is 0 Å². The lowest BCUT2D eigenvalue weighted by Crippen LogP contribution is -2.40. The van der Waals surface area contributed by atoms with Gasteiger partial charge in [0, 0.05) is 25.3 Å². The van der Waals surface area contributed by atoms with Crippen molar-refractivity contribution < 1.29 is 33.2 Å². The standard InChI is InChI=1S/C26H32O7/c1-5-15-30-17-19-32-23-11-7-21(8-12-23)25(27)26(28-3,29-4)22-9-13-24(14-10-22)33-20-18-31-16-6-2/h5-14H,1-2,15-20H2,3-4H3. The van der Waals surface area contributed by atoms with Gasteiger partial charge in [-0.2, -0.15) is 0 Å². The molecule has 178 valence electrons. The maximum atomic E-state index is 13.4. The van der Waals surface area contributed by atoms with Gasteiger partial charge < -0.3 is 28.4 Å². The molecule has 0 unspecified atom stereocenters. The Morgan fingerprint density at radius 1 is 0.758 bits per heavy atom. The highest BCUT2D eigenvalue weighted by Gasteiger charge is 2.41. The van der Waals surface area contributed by atoms with Crippen molar-refractivity contribution in [2.45, 2.75) is 5.79 Å². The molecule has 0 atom stereocenters. The molecule has 0 heterocycles. The summed E-state index contributed by atoms with van der Waals surface area (Å²) in [4.78, 5) is 13.4. The molecule has 0 N–H and O–H groups in total. The highest BCUT2D eigenvalue weighted by Crippen LogP contribution is 2.32. The number of methoxy groups -OCH3 is 2.